The molecule has 0 radical (unpaired) electrons. The van der Waals surface area contributed by atoms with Gasteiger partial charge in [0.1, 0.15) is 5.60 Å². The Morgan fingerprint density at radius 2 is 2.09 bits per heavy atom. The Morgan fingerprint density at radius 1 is 1.27 bits per heavy atom. The van der Waals surface area contributed by atoms with Crippen LogP contribution in [0.2, 0.25) is 0 Å². The number of ether oxygens (including phenoxy) is 1. The van der Waals surface area contributed by atoms with Crippen LogP contribution in [0.4, 0.5) is 0 Å². The Bertz CT molecular complexity index is 492. The molecule has 0 spiro atoms. The van der Waals surface area contributed by atoms with E-state index in [1.165, 1.54) is 0 Å². The lowest BCUT2D eigenvalue weighted by Gasteiger charge is -2.41. The molecule has 2 saturated heterocycles. The maximum Gasteiger partial charge on any atom is 0.254 e. The maximum atomic E-state index is 12.7. The Balaban J connectivity index is 1.52. The van der Waals surface area contributed by atoms with Crippen molar-refractivity contribution >= 4 is 5.91 Å². The third-order valence-electron chi connectivity index (χ3n) is 4.69. The zero-order chi connectivity index (χ0) is 15.4. The predicted molar refractivity (Wildman–Crippen MR) is 84.3 cm³/mol. The number of carbonyl (C=O) groups excluding carboxylic acids is 1. The van der Waals surface area contributed by atoms with E-state index in [1.807, 2.05) is 30.2 Å². The van der Waals surface area contributed by atoms with Crippen molar-refractivity contribution < 1.29 is 9.53 Å². The van der Waals surface area contributed by atoms with E-state index in [0.29, 0.717) is 6.61 Å². The van der Waals surface area contributed by atoms with Crippen LogP contribution in [-0.2, 0) is 16.1 Å². The van der Waals surface area contributed by atoms with Gasteiger partial charge in [-0.05, 0) is 38.3 Å². The quantitative estimate of drug-likeness (QED) is 0.852. The molecule has 2 aliphatic rings. The topological polar surface area (TPSA) is 45.7 Å². The summed E-state index contributed by atoms with van der Waals surface area (Å²) in [5.41, 5.74) is 0.492. The lowest BCUT2D eigenvalue weighted by molar-refractivity contribution is -0.163. The van der Waals surface area contributed by atoms with E-state index >= 15 is 0 Å². The van der Waals surface area contributed by atoms with Gasteiger partial charge in [-0.15, -0.1) is 0 Å². The largest absolute Gasteiger partial charge is 0.365 e. The van der Waals surface area contributed by atoms with Crippen molar-refractivity contribution in [2.24, 2.45) is 0 Å². The minimum Gasteiger partial charge on any atom is -0.365 e. The molecule has 1 aromatic rings. The van der Waals surface area contributed by atoms with Crippen molar-refractivity contribution in [3.63, 3.8) is 0 Å². The van der Waals surface area contributed by atoms with Crippen molar-refractivity contribution in [1.82, 2.24) is 14.8 Å². The van der Waals surface area contributed by atoms with Gasteiger partial charge in [-0.1, -0.05) is 6.07 Å². The molecule has 0 aliphatic carbocycles. The average Bonchev–Trinajstić information content (AvgIpc) is 2.56. The molecule has 2 fully saturated rings. The minimum absolute atomic E-state index is 0.171. The summed E-state index contributed by atoms with van der Waals surface area (Å²) in [7, 11) is 0. The first-order valence-electron chi connectivity index (χ1n) is 8.23. The average molecular weight is 303 g/mol. The molecule has 5 nitrogen and oxygen atoms in total. The van der Waals surface area contributed by atoms with E-state index in [4.69, 9.17) is 4.74 Å². The number of hydrogen-bond donors (Lipinski definition) is 0. The number of rotatable bonds is 3. The molecule has 1 amide bonds. The fraction of sp³-hybridized carbons (Fsp3) is 0.647. The van der Waals surface area contributed by atoms with Crippen LogP contribution in [0, 0.1) is 0 Å². The summed E-state index contributed by atoms with van der Waals surface area (Å²) in [5, 5.41) is 0. The van der Waals surface area contributed by atoms with Gasteiger partial charge in [0.25, 0.3) is 5.91 Å². The number of pyridine rings is 1. The van der Waals surface area contributed by atoms with Gasteiger partial charge >= 0.3 is 0 Å². The molecular formula is C17H25N3O2. The molecular weight excluding hydrogens is 278 g/mol. The highest BCUT2D eigenvalue weighted by Crippen LogP contribution is 2.27. The molecule has 2 aliphatic heterocycles. The normalized spacial score (nSPS) is 26.9. The van der Waals surface area contributed by atoms with E-state index < -0.39 is 5.60 Å². The van der Waals surface area contributed by atoms with Gasteiger partial charge in [-0.25, -0.2) is 0 Å². The molecule has 3 heterocycles. The summed E-state index contributed by atoms with van der Waals surface area (Å²) in [4.78, 5) is 21.4. The van der Waals surface area contributed by atoms with Crippen LogP contribution in [-0.4, -0.2) is 59.1 Å². The lowest BCUT2D eigenvalue weighted by Crippen LogP contribution is -2.56. The number of aromatic nitrogens is 1. The Kier molecular flexibility index (Phi) is 4.74. The highest BCUT2D eigenvalue weighted by atomic mass is 16.5. The van der Waals surface area contributed by atoms with Crippen molar-refractivity contribution in [1.29, 1.82) is 0 Å². The van der Waals surface area contributed by atoms with Gasteiger partial charge in [0, 0.05) is 45.5 Å². The standard InChI is InChI=1S/C17H25N3O2/c1-17(7-3-5-13-22-17)16(21)20-11-9-19(10-12-20)14-15-6-2-4-8-18-15/h2,4,6,8H,3,5,7,9-14H2,1H3/t17-/m0/s1. The summed E-state index contributed by atoms with van der Waals surface area (Å²) in [6.07, 6.45) is 4.83. The number of amides is 1. The van der Waals surface area contributed by atoms with Crippen LogP contribution >= 0.6 is 0 Å². The van der Waals surface area contributed by atoms with E-state index in [2.05, 4.69) is 16.0 Å². The highest BCUT2D eigenvalue weighted by Gasteiger charge is 2.39. The summed E-state index contributed by atoms with van der Waals surface area (Å²) < 4.78 is 5.79. The molecule has 0 saturated carbocycles. The van der Waals surface area contributed by atoms with E-state index in [0.717, 1.165) is 57.7 Å². The van der Waals surface area contributed by atoms with E-state index in [9.17, 15) is 4.79 Å². The zero-order valence-electron chi connectivity index (χ0n) is 13.3. The molecule has 0 N–H and O–H groups in total. The first kappa shape index (κ1) is 15.4. The maximum absolute atomic E-state index is 12.7. The molecule has 3 rings (SSSR count). The van der Waals surface area contributed by atoms with Crippen LogP contribution in [0.5, 0.6) is 0 Å². The summed E-state index contributed by atoms with van der Waals surface area (Å²) in [6, 6.07) is 6.00. The van der Waals surface area contributed by atoms with Crippen LogP contribution in [0.25, 0.3) is 0 Å². The summed E-state index contributed by atoms with van der Waals surface area (Å²) in [6.45, 7) is 6.89. The third kappa shape index (κ3) is 3.47. The van der Waals surface area contributed by atoms with Gasteiger partial charge in [-0.3, -0.25) is 14.7 Å². The van der Waals surface area contributed by atoms with Crippen LogP contribution in [0.15, 0.2) is 24.4 Å². The highest BCUT2D eigenvalue weighted by molar-refractivity contribution is 5.85. The molecule has 0 bridgehead atoms. The SMILES string of the molecule is C[C@@]1(C(=O)N2CCN(Cc3ccccn3)CC2)CCCCO1. The number of hydrogen-bond acceptors (Lipinski definition) is 4. The second-order valence-electron chi connectivity index (χ2n) is 6.43. The molecule has 120 valence electrons. The monoisotopic (exact) mass is 303 g/mol. The molecule has 0 aromatic carbocycles. The molecule has 22 heavy (non-hydrogen) atoms. The molecule has 5 heteroatoms. The number of carbonyl (C=O) groups is 1. The van der Waals surface area contributed by atoms with Crippen molar-refractivity contribution in [3.8, 4) is 0 Å². The smallest absolute Gasteiger partial charge is 0.254 e. The fourth-order valence-electron chi connectivity index (χ4n) is 3.27. The summed E-state index contributed by atoms with van der Waals surface area (Å²) in [5.74, 6) is 0.171. The van der Waals surface area contributed by atoms with Crippen LogP contribution in [0.1, 0.15) is 31.9 Å². The molecule has 0 unspecified atom stereocenters. The van der Waals surface area contributed by atoms with Crippen molar-refractivity contribution in [2.45, 2.75) is 38.3 Å². The Hall–Kier alpha value is -1.46. The van der Waals surface area contributed by atoms with Gasteiger partial charge in [0.15, 0.2) is 0 Å². The number of piperazine rings is 1. The van der Waals surface area contributed by atoms with E-state index in [1.54, 1.807) is 0 Å². The minimum atomic E-state index is -0.596. The summed E-state index contributed by atoms with van der Waals surface area (Å²) >= 11 is 0. The van der Waals surface area contributed by atoms with Gasteiger partial charge in [-0.2, -0.15) is 0 Å². The van der Waals surface area contributed by atoms with Gasteiger partial charge in [0.05, 0.1) is 5.69 Å². The Morgan fingerprint density at radius 3 is 2.73 bits per heavy atom. The van der Waals surface area contributed by atoms with E-state index in [-0.39, 0.29) is 5.91 Å². The van der Waals surface area contributed by atoms with Crippen LogP contribution in [0.3, 0.4) is 0 Å². The van der Waals surface area contributed by atoms with Gasteiger partial charge < -0.3 is 9.64 Å². The third-order valence-corrected chi connectivity index (χ3v) is 4.69. The first-order valence-corrected chi connectivity index (χ1v) is 8.23. The first-order chi connectivity index (χ1) is 10.7. The van der Waals surface area contributed by atoms with Crippen molar-refractivity contribution in [2.75, 3.05) is 32.8 Å². The molecule has 1 aromatic heterocycles. The predicted octanol–water partition coefficient (Wildman–Crippen LogP) is 1.68. The Labute approximate surface area is 132 Å². The lowest BCUT2D eigenvalue weighted by atomic mass is 9.94. The second kappa shape index (κ2) is 6.75. The second-order valence-corrected chi connectivity index (χ2v) is 6.43. The van der Waals surface area contributed by atoms with Gasteiger partial charge in [0.2, 0.25) is 0 Å². The zero-order valence-corrected chi connectivity index (χ0v) is 13.3. The number of nitrogens with zero attached hydrogens (tertiary/aromatic N) is 3. The molecule has 1 atom stereocenters. The fourth-order valence-corrected chi connectivity index (χ4v) is 3.27. The van der Waals surface area contributed by atoms with Crippen molar-refractivity contribution in [3.05, 3.63) is 30.1 Å². The van der Waals surface area contributed by atoms with Crippen LogP contribution < -0.4 is 0 Å².